The Bertz CT molecular complexity index is 2730. The number of amides is 1. The zero-order valence-corrected chi connectivity index (χ0v) is 37.8. The van der Waals surface area contributed by atoms with Crippen molar-refractivity contribution in [3.8, 4) is 11.5 Å². The quantitative estimate of drug-likeness (QED) is 0.0586. The van der Waals surface area contributed by atoms with Crippen molar-refractivity contribution in [3.63, 3.8) is 0 Å². The fraction of sp³-hybridized carbons (Fsp3) is 0.447. The number of hydrogen-bond acceptors (Lipinski definition) is 15. The van der Waals surface area contributed by atoms with E-state index in [9.17, 15) is 39.3 Å². The Kier molecular flexibility index (Phi) is 12.2. The molecular formula is C47H54N4O11S. The first-order chi connectivity index (χ1) is 29.7. The van der Waals surface area contributed by atoms with E-state index >= 15 is 0 Å². The number of aldehydes is 1. The third kappa shape index (κ3) is 7.82. The van der Waals surface area contributed by atoms with E-state index in [1.807, 2.05) is 26.2 Å². The molecule has 0 aliphatic carbocycles. The Morgan fingerprint density at radius 1 is 0.984 bits per heavy atom. The number of rotatable bonds is 2. The maximum absolute atomic E-state index is 14.8. The van der Waals surface area contributed by atoms with Gasteiger partial charge in [0, 0.05) is 87.1 Å². The summed E-state index contributed by atoms with van der Waals surface area (Å²) in [6.07, 6.45) is 4.73. The van der Waals surface area contributed by atoms with Gasteiger partial charge in [0.15, 0.2) is 11.2 Å². The molecule has 0 saturated heterocycles. The van der Waals surface area contributed by atoms with Gasteiger partial charge in [-0.2, -0.15) is 0 Å². The molecule has 334 valence electrons. The Labute approximate surface area is 368 Å². The maximum Gasteiger partial charge on any atom is 0.312 e. The number of aromatic nitrogens is 1. The third-order valence-electron chi connectivity index (χ3n) is 13.0. The van der Waals surface area contributed by atoms with E-state index in [2.05, 4.69) is 15.1 Å². The van der Waals surface area contributed by atoms with Crippen LogP contribution in [0, 0.1) is 36.5 Å². The van der Waals surface area contributed by atoms with Gasteiger partial charge in [-0.3, -0.25) is 19.2 Å². The molecule has 0 radical (unpaired) electrons. The van der Waals surface area contributed by atoms with Gasteiger partial charge in [-0.15, -0.1) is 11.3 Å². The Balaban J connectivity index is 1.47. The molecule has 16 heteroatoms. The summed E-state index contributed by atoms with van der Waals surface area (Å²) in [6.45, 7) is 14.0. The fourth-order valence-electron chi connectivity index (χ4n) is 8.91. The van der Waals surface area contributed by atoms with Gasteiger partial charge in [-0.1, -0.05) is 45.9 Å². The van der Waals surface area contributed by atoms with E-state index in [4.69, 9.17) is 19.2 Å². The van der Waals surface area contributed by atoms with Gasteiger partial charge in [0.2, 0.25) is 0 Å². The number of carbonyl (C=O) groups is 4. The SMILES string of the molecule is CC(=O)O[C@H]1[C@H](C)[C@H](O)[C@H](C)[C@@H](O)[C@@H](C)/C=C/C=C(/C)C(=O)Nc2c(O)c3c(=O)c(C)c4c(c3c3nc5cc6c(cc5sc23)N(C)CCN6C)C(=O)[C@@](C)(O/C=C/[C@H](C=O)[C@H]1C)O4. The summed E-state index contributed by atoms with van der Waals surface area (Å²) in [5.41, 5.74) is 2.05. The number of nitrogens with one attached hydrogen (secondary N) is 1. The predicted octanol–water partition coefficient (Wildman–Crippen LogP) is 6.15. The van der Waals surface area contributed by atoms with Crippen molar-refractivity contribution in [1.82, 2.24) is 4.98 Å². The number of benzene rings is 3. The molecule has 0 spiro atoms. The molecule has 1 amide bonds. The summed E-state index contributed by atoms with van der Waals surface area (Å²) in [6, 6.07) is 3.92. The van der Waals surface area contributed by atoms with Crippen LogP contribution in [0.25, 0.3) is 31.2 Å². The van der Waals surface area contributed by atoms with Crippen LogP contribution in [0.4, 0.5) is 17.1 Å². The van der Waals surface area contributed by atoms with Gasteiger partial charge in [-0.05, 0) is 32.1 Å². The number of allylic oxidation sites excluding steroid dienone is 3. The van der Waals surface area contributed by atoms with E-state index in [0.717, 1.165) is 30.7 Å². The van der Waals surface area contributed by atoms with Crippen molar-refractivity contribution in [1.29, 1.82) is 0 Å². The van der Waals surface area contributed by atoms with Crippen LogP contribution in [0.5, 0.6) is 11.5 Å². The number of phenols is 1. The maximum atomic E-state index is 14.8. The first-order valence-corrected chi connectivity index (χ1v) is 21.8. The molecule has 4 aliphatic rings. The molecule has 5 heterocycles. The van der Waals surface area contributed by atoms with Crippen LogP contribution in [0.15, 0.2) is 53.1 Å². The average molecular weight is 883 g/mol. The summed E-state index contributed by atoms with van der Waals surface area (Å²) in [5, 5.41) is 37.7. The zero-order valence-electron chi connectivity index (χ0n) is 37.0. The van der Waals surface area contributed by atoms with Crippen LogP contribution in [0.2, 0.25) is 0 Å². The summed E-state index contributed by atoms with van der Waals surface area (Å²) < 4.78 is 19.0. The summed E-state index contributed by atoms with van der Waals surface area (Å²) in [4.78, 5) is 77.5. The molecule has 9 atom stereocenters. The number of esters is 1. The molecule has 4 aromatic rings. The number of aliphatic hydroxyl groups excluding tert-OH is 2. The molecule has 0 fully saturated rings. The van der Waals surface area contributed by atoms with Crippen molar-refractivity contribution in [3.05, 3.63) is 69.6 Å². The van der Waals surface area contributed by atoms with Gasteiger partial charge < -0.3 is 49.4 Å². The van der Waals surface area contributed by atoms with Crippen LogP contribution in [0.3, 0.4) is 0 Å². The topological polar surface area (TPSA) is 205 Å². The lowest BCUT2D eigenvalue weighted by Crippen LogP contribution is -2.45. The highest BCUT2D eigenvalue weighted by atomic mass is 32.1. The van der Waals surface area contributed by atoms with Crippen LogP contribution >= 0.6 is 11.3 Å². The van der Waals surface area contributed by atoms with Crippen LogP contribution in [-0.2, 0) is 23.9 Å². The highest BCUT2D eigenvalue weighted by Crippen LogP contribution is 2.50. The second kappa shape index (κ2) is 17.0. The number of fused-ring (bicyclic) bond motifs is 15. The highest BCUT2D eigenvalue weighted by molar-refractivity contribution is 7.25. The lowest BCUT2D eigenvalue weighted by atomic mass is 9.77. The van der Waals surface area contributed by atoms with Crippen molar-refractivity contribution in [2.45, 2.75) is 79.5 Å². The number of phenolic OH excluding ortho intramolecular Hbond substituents is 1. The molecule has 1 aromatic heterocycles. The Hall–Kier alpha value is -5.84. The Morgan fingerprint density at radius 3 is 2.30 bits per heavy atom. The van der Waals surface area contributed by atoms with Crippen LogP contribution in [0.1, 0.15) is 64.4 Å². The lowest BCUT2D eigenvalue weighted by Gasteiger charge is -2.37. The highest BCUT2D eigenvalue weighted by Gasteiger charge is 2.49. The minimum Gasteiger partial charge on any atom is -0.505 e. The number of anilines is 3. The van der Waals surface area contributed by atoms with Gasteiger partial charge in [-0.25, -0.2) is 4.98 Å². The minimum atomic E-state index is -2.06. The fourth-order valence-corrected chi connectivity index (χ4v) is 10.0. The summed E-state index contributed by atoms with van der Waals surface area (Å²) >= 11 is 1.23. The number of likely N-dealkylation sites (N-methyl/N-ethyl adjacent to an activating group) is 2. The minimum absolute atomic E-state index is 0.00528. The molecule has 4 N–H and O–H groups in total. The number of nitrogens with zero attached hydrogens (tertiary/aromatic N) is 3. The van der Waals surface area contributed by atoms with E-state index in [0.29, 0.717) is 21.2 Å². The Morgan fingerprint density at radius 2 is 1.65 bits per heavy atom. The van der Waals surface area contributed by atoms with Gasteiger partial charge in [0.1, 0.15) is 23.8 Å². The number of hydrogen-bond donors (Lipinski definition) is 4. The van der Waals surface area contributed by atoms with Crippen molar-refractivity contribution in [2.75, 3.05) is 42.3 Å². The molecular weight excluding hydrogens is 829 g/mol. The monoisotopic (exact) mass is 882 g/mol. The molecule has 63 heavy (non-hydrogen) atoms. The van der Waals surface area contributed by atoms with Crippen LogP contribution in [-0.4, -0.2) is 95.5 Å². The summed E-state index contributed by atoms with van der Waals surface area (Å²) in [7, 11) is 3.98. The molecule has 8 rings (SSSR count). The number of aromatic hydroxyl groups is 1. The first-order valence-electron chi connectivity index (χ1n) is 21.0. The van der Waals surface area contributed by atoms with Gasteiger partial charge in [0.05, 0.1) is 61.2 Å². The molecule has 4 aliphatic heterocycles. The first kappa shape index (κ1) is 45.2. The van der Waals surface area contributed by atoms with Crippen LogP contribution < -0.4 is 25.3 Å². The molecule has 3 aromatic carbocycles. The molecule has 15 nitrogen and oxygen atoms in total. The lowest BCUT2D eigenvalue weighted by molar-refractivity contribution is -0.159. The van der Waals surface area contributed by atoms with E-state index in [-0.39, 0.29) is 44.4 Å². The number of ketones is 1. The largest absolute Gasteiger partial charge is 0.505 e. The normalized spacial score (nSPS) is 30.1. The average Bonchev–Trinajstić information content (AvgIpc) is 3.51. The molecule has 0 unspecified atom stereocenters. The predicted molar refractivity (Wildman–Crippen MR) is 243 cm³/mol. The third-order valence-corrected chi connectivity index (χ3v) is 14.2. The number of Topliss-reactive ketones (excluding diaryl/α,β-unsaturated/α-hetero) is 1. The van der Waals surface area contributed by atoms with Gasteiger partial charge in [0.25, 0.3) is 11.7 Å². The van der Waals surface area contributed by atoms with Crippen molar-refractivity contribution < 1.29 is 48.7 Å². The smallest absolute Gasteiger partial charge is 0.312 e. The molecule has 5 bridgehead atoms. The van der Waals surface area contributed by atoms with Crippen molar-refractivity contribution in [2.24, 2.45) is 29.6 Å². The van der Waals surface area contributed by atoms with E-state index in [1.165, 1.54) is 44.3 Å². The number of ether oxygens (including phenoxy) is 3. The number of carbonyl (C=O) groups excluding carboxylic acids is 4. The van der Waals surface area contributed by atoms with E-state index in [1.54, 1.807) is 46.8 Å². The molecule has 0 saturated carbocycles. The van der Waals surface area contributed by atoms with Gasteiger partial charge >= 0.3 is 11.8 Å². The number of aliphatic hydroxyl groups is 2. The second-order valence-electron chi connectivity index (χ2n) is 17.4. The van der Waals surface area contributed by atoms with E-state index < -0.39 is 82.5 Å². The summed E-state index contributed by atoms with van der Waals surface area (Å²) in [5.74, 6) is -8.31. The van der Waals surface area contributed by atoms with Crippen molar-refractivity contribution >= 4 is 83.6 Å². The second-order valence-corrected chi connectivity index (χ2v) is 18.4. The zero-order chi connectivity index (χ0) is 46.0. The standard InChI is InChI=1S/C47H54N4O11S/c1-21-12-11-13-22(2)46(59)49-37-41(57)34-33(36-44(37)63-32-19-31-30(18-29(32)48-36)50(9)15-16-51(31)10)35-43(26(6)40(34)56)62-47(8,45(35)58)60-17-14-28(20-52)23(3)42(61-27(7)53)25(5)39(55)24(4)38(21)54/h11-14,17-21,23-25,28,38-39,42,54-55,57H,15-16H2,1-10H3,(H,49,59)/b12-11+,17-14+,22-13-/t21-,23+,24+,25+,28+,38-,39+,42+,47-/m0/s1.